The van der Waals surface area contributed by atoms with Crippen molar-refractivity contribution in [3.8, 4) is 0 Å². The third kappa shape index (κ3) is 3.75. The van der Waals surface area contributed by atoms with Crippen molar-refractivity contribution in [1.29, 1.82) is 0 Å². The molecule has 0 unspecified atom stereocenters. The standard InChI is InChI=1S/C13H21N3O2S/c1-16(11-7-12-4-2-3-8-15-12)19(17,18)13-5-9-14-10-6-13/h2-4,8,13-14H,5-7,9-11H2,1H3. The maximum atomic E-state index is 12.4. The zero-order chi connectivity index (χ0) is 13.7. The Morgan fingerprint density at radius 2 is 2.11 bits per heavy atom. The summed E-state index contributed by atoms with van der Waals surface area (Å²) in [6.45, 7) is 2.07. The van der Waals surface area contributed by atoms with Gasteiger partial charge in [-0.05, 0) is 38.1 Å². The van der Waals surface area contributed by atoms with Gasteiger partial charge in [0.25, 0.3) is 0 Å². The molecule has 0 radical (unpaired) electrons. The van der Waals surface area contributed by atoms with Crippen molar-refractivity contribution in [2.45, 2.75) is 24.5 Å². The number of rotatable bonds is 5. The zero-order valence-electron chi connectivity index (χ0n) is 11.2. The van der Waals surface area contributed by atoms with E-state index in [9.17, 15) is 8.42 Å². The highest BCUT2D eigenvalue weighted by molar-refractivity contribution is 7.89. The lowest BCUT2D eigenvalue weighted by Crippen LogP contribution is -2.43. The molecule has 0 spiro atoms. The van der Waals surface area contributed by atoms with Crippen LogP contribution in [-0.2, 0) is 16.4 Å². The molecule has 1 fully saturated rings. The number of piperidine rings is 1. The van der Waals surface area contributed by atoms with Crippen LogP contribution in [0.1, 0.15) is 18.5 Å². The molecule has 6 heteroatoms. The molecule has 1 aliphatic rings. The fourth-order valence-electron chi connectivity index (χ4n) is 2.29. The SMILES string of the molecule is CN(CCc1ccccn1)S(=O)(=O)C1CCNCC1. The van der Waals surface area contributed by atoms with Gasteiger partial charge in [0.15, 0.2) is 0 Å². The van der Waals surface area contributed by atoms with Crippen LogP contribution in [0.2, 0.25) is 0 Å². The molecule has 1 aromatic rings. The second-order valence-corrected chi connectivity index (χ2v) is 7.21. The van der Waals surface area contributed by atoms with Crippen LogP contribution in [-0.4, -0.2) is 49.6 Å². The lowest BCUT2D eigenvalue weighted by molar-refractivity contribution is 0.432. The number of nitrogens with one attached hydrogen (secondary N) is 1. The van der Waals surface area contributed by atoms with Crippen molar-refractivity contribution < 1.29 is 8.42 Å². The van der Waals surface area contributed by atoms with E-state index in [1.165, 1.54) is 4.31 Å². The molecule has 0 atom stereocenters. The first kappa shape index (κ1) is 14.4. The van der Waals surface area contributed by atoms with E-state index in [1.54, 1.807) is 13.2 Å². The molecule has 1 N–H and O–H groups in total. The topological polar surface area (TPSA) is 62.3 Å². The molecule has 106 valence electrons. The third-order valence-corrected chi connectivity index (χ3v) is 5.92. The van der Waals surface area contributed by atoms with Crippen molar-refractivity contribution >= 4 is 10.0 Å². The monoisotopic (exact) mass is 283 g/mol. The average molecular weight is 283 g/mol. The molecular formula is C13H21N3O2S. The van der Waals surface area contributed by atoms with Gasteiger partial charge in [-0.1, -0.05) is 6.07 Å². The van der Waals surface area contributed by atoms with Crippen LogP contribution in [0.5, 0.6) is 0 Å². The molecule has 1 aromatic heterocycles. The van der Waals surface area contributed by atoms with Gasteiger partial charge in [-0.2, -0.15) is 0 Å². The van der Waals surface area contributed by atoms with E-state index in [4.69, 9.17) is 0 Å². The second-order valence-electron chi connectivity index (χ2n) is 4.89. The maximum Gasteiger partial charge on any atom is 0.216 e. The number of hydrogen-bond donors (Lipinski definition) is 1. The highest BCUT2D eigenvalue weighted by atomic mass is 32.2. The second kappa shape index (κ2) is 6.45. The number of pyridine rings is 1. The van der Waals surface area contributed by atoms with Gasteiger partial charge < -0.3 is 5.32 Å². The minimum Gasteiger partial charge on any atom is -0.317 e. The van der Waals surface area contributed by atoms with Gasteiger partial charge >= 0.3 is 0 Å². The number of sulfonamides is 1. The molecule has 2 heterocycles. The first-order valence-corrected chi connectivity index (χ1v) is 8.17. The fraction of sp³-hybridized carbons (Fsp3) is 0.615. The van der Waals surface area contributed by atoms with Gasteiger partial charge in [-0.15, -0.1) is 0 Å². The quantitative estimate of drug-likeness (QED) is 0.861. The van der Waals surface area contributed by atoms with Crippen LogP contribution >= 0.6 is 0 Å². The Morgan fingerprint density at radius 1 is 1.37 bits per heavy atom. The Labute approximate surface area is 115 Å². The smallest absolute Gasteiger partial charge is 0.216 e. The molecule has 2 rings (SSSR count). The molecule has 0 saturated carbocycles. The Hall–Kier alpha value is -0.980. The van der Waals surface area contributed by atoms with Crippen LogP contribution in [0.4, 0.5) is 0 Å². The Bertz CT molecular complexity index is 484. The lowest BCUT2D eigenvalue weighted by Gasteiger charge is -2.27. The van der Waals surface area contributed by atoms with Crippen LogP contribution < -0.4 is 5.32 Å². The molecule has 0 aliphatic carbocycles. The van der Waals surface area contributed by atoms with Gasteiger partial charge in [-0.25, -0.2) is 12.7 Å². The van der Waals surface area contributed by atoms with Crippen LogP contribution in [0.25, 0.3) is 0 Å². The van der Waals surface area contributed by atoms with Crippen LogP contribution in [0.15, 0.2) is 24.4 Å². The highest BCUT2D eigenvalue weighted by Crippen LogP contribution is 2.16. The normalized spacial score (nSPS) is 17.8. The molecule has 1 saturated heterocycles. The minimum atomic E-state index is -3.17. The van der Waals surface area contributed by atoms with Gasteiger partial charge in [0, 0.05) is 31.9 Å². The fourth-order valence-corrected chi connectivity index (χ4v) is 3.98. The molecule has 0 aromatic carbocycles. The van der Waals surface area contributed by atoms with Gasteiger partial charge in [-0.3, -0.25) is 4.98 Å². The van der Waals surface area contributed by atoms with Gasteiger partial charge in [0.2, 0.25) is 10.0 Å². The summed E-state index contributed by atoms with van der Waals surface area (Å²) in [6.07, 6.45) is 3.80. The van der Waals surface area contributed by atoms with Crippen LogP contribution in [0.3, 0.4) is 0 Å². The van der Waals surface area contributed by atoms with E-state index in [1.807, 2.05) is 18.2 Å². The first-order valence-electron chi connectivity index (χ1n) is 6.66. The van der Waals surface area contributed by atoms with Crippen molar-refractivity contribution in [2.75, 3.05) is 26.7 Å². The molecular weight excluding hydrogens is 262 g/mol. The number of aromatic nitrogens is 1. The molecule has 5 nitrogen and oxygen atoms in total. The summed E-state index contributed by atoms with van der Waals surface area (Å²) < 4.78 is 26.3. The molecule has 19 heavy (non-hydrogen) atoms. The number of nitrogens with zero attached hydrogens (tertiary/aromatic N) is 2. The van der Waals surface area contributed by atoms with Crippen LogP contribution in [0, 0.1) is 0 Å². The number of hydrogen-bond acceptors (Lipinski definition) is 4. The van der Waals surface area contributed by atoms with E-state index >= 15 is 0 Å². The Kier molecular flexibility index (Phi) is 4.90. The molecule has 0 bridgehead atoms. The van der Waals surface area contributed by atoms with Gasteiger partial charge in [0.05, 0.1) is 5.25 Å². The largest absolute Gasteiger partial charge is 0.317 e. The Morgan fingerprint density at radius 3 is 2.74 bits per heavy atom. The minimum absolute atomic E-state index is 0.234. The third-order valence-electron chi connectivity index (χ3n) is 3.55. The predicted octanol–water partition coefficient (Wildman–Crippen LogP) is 0.638. The van der Waals surface area contributed by atoms with E-state index in [2.05, 4.69) is 10.3 Å². The summed E-state index contributed by atoms with van der Waals surface area (Å²) in [5.74, 6) is 0. The van der Waals surface area contributed by atoms with E-state index in [0.29, 0.717) is 25.8 Å². The average Bonchev–Trinajstić information content (AvgIpc) is 2.46. The van der Waals surface area contributed by atoms with Crippen molar-refractivity contribution in [3.05, 3.63) is 30.1 Å². The van der Waals surface area contributed by atoms with Crippen molar-refractivity contribution in [3.63, 3.8) is 0 Å². The summed E-state index contributed by atoms with van der Waals surface area (Å²) in [4.78, 5) is 4.21. The molecule has 0 amide bonds. The van der Waals surface area contributed by atoms with Crippen molar-refractivity contribution in [2.24, 2.45) is 0 Å². The molecule has 1 aliphatic heterocycles. The summed E-state index contributed by atoms with van der Waals surface area (Å²) in [7, 11) is -1.50. The van der Waals surface area contributed by atoms with Crippen molar-refractivity contribution in [1.82, 2.24) is 14.6 Å². The first-order chi connectivity index (χ1) is 9.10. The van der Waals surface area contributed by atoms with Gasteiger partial charge in [0.1, 0.15) is 0 Å². The summed E-state index contributed by atoms with van der Waals surface area (Å²) in [5.41, 5.74) is 0.926. The lowest BCUT2D eigenvalue weighted by atomic mass is 10.2. The number of likely N-dealkylation sites (N-methyl/N-ethyl adjacent to an activating group) is 1. The summed E-state index contributed by atoms with van der Waals surface area (Å²) in [5, 5.41) is 2.96. The van der Waals surface area contributed by atoms with E-state index in [-0.39, 0.29) is 5.25 Å². The summed E-state index contributed by atoms with van der Waals surface area (Å²) in [6, 6.07) is 5.70. The summed E-state index contributed by atoms with van der Waals surface area (Å²) >= 11 is 0. The van der Waals surface area contributed by atoms with E-state index in [0.717, 1.165) is 18.8 Å². The predicted molar refractivity (Wildman–Crippen MR) is 75.4 cm³/mol. The zero-order valence-corrected chi connectivity index (χ0v) is 12.1. The Balaban J connectivity index is 1.93. The van der Waals surface area contributed by atoms with E-state index < -0.39 is 10.0 Å². The highest BCUT2D eigenvalue weighted by Gasteiger charge is 2.30. The maximum absolute atomic E-state index is 12.4.